The Morgan fingerprint density at radius 2 is 2.00 bits per heavy atom. The molecule has 94 valence electrons. The van der Waals surface area contributed by atoms with Crippen LogP contribution < -0.4 is 5.48 Å². The van der Waals surface area contributed by atoms with Gasteiger partial charge < -0.3 is 0 Å². The van der Waals surface area contributed by atoms with Crippen LogP contribution in [0.4, 0.5) is 13.2 Å². The van der Waals surface area contributed by atoms with Gasteiger partial charge in [0.2, 0.25) is 5.91 Å². The van der Waals surface area contributed by atoms with Crippen molar-refractivity contribution in [2.45, 2.75) is 38.8 Å². The van der Waals surface area contributed by atoms with E-state index in [4.69, 9.17) is 0 Å². The summed E-state index contributed by atoms with van der Waals surface area (Å²) in [5, 5.41) is 0. The Morgan fingerprint density at radius 3 is 2.56 bits per heavy atom. The van der Waals surface area contributed by atoms with Gasteiger partial charge in [-0.3, -0.25) is 9.63 Å². The number of hydrogen-bond donors (Lipinski definition) is 1. The molecule has 3 nitrogen and oxygen atoms in total. The topological polar surface area (TPSA) is 38.3 Å². The van der Waals surface area contributed by atoms with Crippen LogP contribution in [-0.2, 0) is 9.63 Å². The molecule has 1 aliphatic rings. The molecule has 0 aromatic rings. The Hall–Kier alpha value is -0.780. The molecule has 16 heavy (non-hydrogen) atoms. The summed E-state index contributed by atoms with van der Waals surface area (Å²) in [5.41, 5.74) is 2.07. The second-order valence-corrected chi connectivity index (χ2v) is 3.94. The van der Waals surface area contributed by atoms with E-state index in [1.165, 1.54) is 0 Å². The minimum atomic E-state index is -4.30. The zero-order chi connectivity index (χ0) is 12.2. The quantitative estimate of drug-likeness (QED) is 0.768. The molecule has 2 atom stereocenters. The number of carbonyl (C=O) groups is 1. The molecule has 0 radical (unpaired) electrons. The summed E-state index contributed by atoms with van der Waals surface area (Å²) >= 11 is 0. The van der Waals surface area contributed by atoms with Gasteiger partial charge in [0, 0.05) is 0 Å². The van der Waals surface area contributed by atoms with Gasteiger partial charge in [0.25, 0.3) is 0 Å². The molecule has 0 aromatic heterocycles. The zero-order valence-corrected chi connectivity index (χ0v) is 9.14. The molecule has 0 bridgehead atoms. The van der Waals surface area contributed by atoms with Gasteiger partial charge in [-0.1, -0.05) is 12.8 Å². The van der Waals surface area contributed by atoms with Crippen LogP contribution in [0, 0.1) is 11.8 Å². The molecule has 2 unspecified atom stereocenters. The summed E-state index contributed by atoms with van der Waals surface area (Å²) in [6, 6.07) is 0. The van der Waals surface area contributed by atoms with E-state index < -0.39 is 23.9 Å². The van der Waals surface area contributed by atoms with Crippen molar-refractivity contribution >= 4 is 5.91 Å². The fourth-order valence-corrected chi connectivity index (χ4v) is 2.06. The van der Waals surface area contributed by atoms with E-state index in [2.05, 4.69) is 10.3 Å². The Kier molecular flexibility index (Phi) is 4.58. The van der Waals surface area contributed by atoms with E-state index >= 15 is 0 Å². The highest BCUT2D eigenvalue weighted by Gasteiger charge is 2.48. The number of carbonyl (C=O) groups excluding carboxylic acids is 1. The van der Waals surface area contributed by atoms with Crippen molar-refractivity contribution in [3.8, 4) is 0 Å². The van der Waals surface area contributed by atoms with Crippen LogP contribution in [0.2, 0.25) is 0 Å². The number of amides is 1. The van der Waals surface area contributed by atoms with Gasteiger partial charge in [-0.2, -0.15) is 13.2 Å². The largest absolute Gasteiger partial charge is 0.392 e. The average molecular weight is 239 g/mol. The second kappa shape index (κ2) is 5.52. The van der Waals surface area contributed by atoms with Crippen molar-refractivity contribution in [3.05, 3.63) is 0 Å². The number of rotatable bonds is 3. The number of alkyl halides is 3. The molecule has 1 saturated carbocycles. The molecule has 0 aromatic carbocycles. The summed E-state index contributed by atoms with van der Waals surface area (Å²) in [6.07, 6.45) is -2.79. The van der Waals surface area contributed by atoms with Crippen molar-refractivity contribution in [2.75, 3.05) is 6.61 Å². The molecule has 6 heteroatoms. The van der Waals surface area contributed by atoms with Crippen LogP contribution >= 0.6 is 0 Å². The minimum Gasteiger partial charge on any atom is -0.274 e. The van der Waals surface area contributed by atoms with Crippen LogP contribution in [0.15, 0.2) is 0 Å². The van der Waals surface area contributed by atoms with Crippen molar-refractivity contribution in [1.29, 1.82) is 0 Å². The average Bonchev–Trinajstić information content (AvgIpc) is 2.24. The third-order valence-electron chi connectivity index (χ3n) is 2.84. The van der Waals surface area contributed by atoms with E-state index in [0.717, 1.165) is 0 Å². The highest BCUT2D eigenvalue weighted by molar-refractivity contribution is 5.78. The van der Waals surface area contributed by atoms with Crippen molar-refractivity contribution in [1.82, 2.24) is 5.48 Å². The first-order valence-electron chi connectivity index (χ1n) is 5.45. The van der Waals surface area contributed by atoms with E-state index in [-0.39, 0.29) is 19.4 Å². The van der Waals surface area contributed by atoms with Crippen LogP contribution in [0.25, 0.3) is 0 Å². The predicted molar refractivity (Wildman–Crippen MR) is 51.3 cm³/mol. The Morgan fingerprint density at radius 1 is 1.38 bits per heavy atom. The highest BCUT2D eigenvalue weighted by Crippen LogP contribution is 2.41. The molecule has 0 heterocycles. The van der Waals surface area contributed by atoms with Gasteiger partial charge in [-0.05, 0) is 19.8 Å². The predicted octanol–water partition coefficient (Wildman–Crippen LogP) is 2.42. The van der Waals surface area contributed by atoms with Gasteiger partial charge in [-0.25, -0.2) is 5.48 Å². The van der Waals surface area contributed by atoms with Crippen LogP contribution in [0.5, 0.6) is 0 Å². The number of hydroxylamine groups is 1. The van der Waals surface area contributed by atoms with Crippen LogP contribution in [-0.4, -0.2) is 18.7 Å². The SMILES string of the molecule is CCONC(=O)C1CCCCC1C(F)(F)F. The summed E-state index contributed by atoms with van der Waals surface area (Å²) in [6.45, 7) is 1.90. The third-order valence-corrected chi connectivity index (χ3v) is 2.84. The van der Waals surface area contributed by atoms with E-state index in [0.29, 0.717) is 12.8 Å². The molecular weight excluding hydrogens is 223 g/mol. The highest BCUT2D eigenvalue weighted by atomic mass is 19.4. The van der Waals surface area contributed by atoms with Gasteiger partial charge in [0.1, 0.15) is 0 Å². The number of hydrogen-bond acceptors (Lipinski definition) is 2. The van der Waals surface area contributed by atoms with E-state index in [1.807, 2.05) is 0 Å². The second-order valence-electron chi connectivity index (χ2n) is 3.94. The number of nitrogens with one attached hydrogen (secondary N) is 1. The van der Waals surface area contributed by atoms with E-state index in [1.54, 1.807) is 6.92 Å². The van der Waals surface area contributed by atoms with Crippen LogP contribution in [0.1, 0.15) is 32.6 Å². The summed E-state index contributed by atoms with van der Waals surface area (Å²) in [7, 11) is 0. The molecule has 1 aliphatic carbocycles. The standard InChI is InChI=1S/C10H16F3NO2/c1-2-16-14-9(15)7-5-3-4-6-8(7)10(11,12)13/h7-8H,2-6H2,1H3,(H,14,15). The molecule has 1 rings (SSSR count). The summed E-state index contributed by atoms with van der Waals surface area (Å²) in [4.78, 5) is 16.1. The first-order valence-corrected chi connectivity index (χ1v) is 5.45. The lowest BCUT2D eigenvalue weighted by Crippen LogP contribution is -2.42. The molecule has 0 spiro atoms. The molecule has 1 fully saturated rings. The van der Waals surface area contributed by atoms with Crippen molar-refractivity contribution < 1.29 is 22.8 Å². The summed E-state index contributed by atoms with van der Waals surface area (Å²) < 4.78 is 38.0. The molecule has 1 N–H and O–H groups in total. The first-order chi connectivity index (χ1) is 7.46. The first kappa shape index (κ1) is 13.3. The lowest BCUT2D eigenvalue weighted by molar-refractivity contribution is -0.200. The van der Waals surface area contributed by atoms with Crippen molar-refractivity contribution in [3.63, 3.8) is 0 Å². The smallest absolute Gasteiger partial charge is 0.274 e. The maximum absolute atomic E-state index is 12.7. The maximum atomic E-state index is 12.7. The van der Waals surface area contributed by atoms with Crippen molar-refractivity contribution in [2.24, 2.45) is 11.8 Å². The normalized spacial score (nSPS) is 26.5. The molecular formula is C10H16F3NO2. The Labute approximate surface area is 92.3 Å². The fourth-order valence-electron chi connectivity index (χ4n) is 2.06. The molecule has 1 amide bonds. The minimum absolute atomic E-state index is 0.0354. The van der Waals surface area contributed by atoms with Gasteiger partial charge in [0.15, 0.2) is 0 Å². The van der Waals surface area contributed by atoms with Gasteiger partial charge >= 0.3 is 6.18 Å². The van der Waals surface area contributed by atoms with Crippen LogP contribution in [0.3, 0.4) is 0 Å². The summed E-state index contributed by atoms with van der Waals surface area (Å²) in [5.74, 6) is -3.18. The zero-order valence-electron chi connectivity index (χ0n) is 9.14. The lowest BCUT2D eigenvalue weighted by atomic mass is 9.78. The van der Waals surface area contributed by atoms with Gasteiger partial charge in [-0.15, -0.1) is 0 Å². The lowest BCUT2D eigenvalue weighted by Gasteiger charge is -2.31. The van der Waals surface area contributed by atoms with E-state index in [9.17, 15) is 18.0 Å². The Bertz CT molecular complexity index is 243. The third kappa shape index (κ3) is 3.37. The molecule has 0 saturated heterocycles. The van der Waals surface area contributed by atoms with Gasteiger partial charge in [0.05, 0.1) is 18.4 Å². The number of halogens is 3. The fraction of sp³-hybridized carbons (Fsp3) is 0.900. The Balaban J connectivity index is 2.63. The monoisotopic (exact) mass is 239 g/mol. The molecule has 0 aliphatic heterocycles. The maximum Gasteiger partial charge on any atom is 0.392 e.